The molecule has 0 amide bonds. The smallest absolute Gasteiger partial charge is 0.306 e. The largest absolute Gasteiger partial charge is 0.462 e. The van der Waals surface area contributed by atoms with Gasteiger partial charge in [0, 0.05) is 19.3 Å². The Morgan fingerprint density at radius 2 is 0.391 bits per heavy atom. The van der Waals surface area contributed by atoms with Gasteiger partial charge in [0.05, 0.1) is 0 Å². The summed E-state index contributed by atoms with van der Waals surface area (Å²) in [5, 5.41) is 0. The minimum Gasteiger partial charge on any atom is -0.462 e. The van der Waals surface area contributed by atoms with Crippen LogP contribution in [0, 0.1) is 0 Å². The van der Waals surface area contributed by atoms with E-state index < -0.39 is 6.10 Å². The van der Waals surface area contributed by atoms with Gasteiger partial charge in [-0.05, 0) is 19.3 Å². The van der Waals surface area contributed by atoms with Gasteiger partial charge in [0.1, 0.15) is 13.2 Å². The van der Waals surface area contributed by atoms with Gasteiger partial charge in [0.15, 0.2) is 6.10 Å². The van der Waals surface area contributed by atoms with E-state index in [1.807, 2.05) is 0 Å². The highest BCUT2D eigenvalue weighted by molar-refractivity contribution is 5.71. The first-order chi connectivity index (χ1) is 34.0. The molecule has 0 N–H and O–H groups in total. The topological polar surface area (TPSA) is 78.9 Å². The lowest BCUT2D eigenvalue weighted by molar-refractivity contribution is -0.167. The van der Waals surface area contributed by atoms with Gasteiger partial charge in [-0.3, -0.25) is 14.4 Å². The molecule has 1 atom stereocenters. The highest BCUT2D eigenvalue weighted by Gasteiger charge is 2.19. The van der Waals surface area contributed by atoms with Crippen LogP contribution in [0.15, 0.2) is 0 Å². The van der Waals surface area contributed by atoms with Crippen LogP contribution in [-0.2, 0) is 28.6 Å². The molecule has 0 fully saturated rings. The second-order valence-corrected chi connectivity index (χ2v) is 21.7. The lowest BCUT2D eigenvalue weighted by atomic mass is 10.0. The van der Waals surface area contributed by atoms with Crippen molar-refractivity contribution < 1.29 is 28.6 Å². The van der Waals surface area contributed by atoms with Crippen molar-refractivity contribution in [1.82, 2.24) is 0 Å². The number of hydrogen-bond donors (Lipinski definition) is 0. The summed E-state index contributed by atoms with van der Waals surface area (Å²) in [6.45, 7) is 6.71. The molecular weight excluding hydrogens is 853 g/mol. The Labute approximate surface area is 431 Å². The number of rotatable bonds is 59. The van der Waals surface area contributed by atoms with Crippen LogP contribution in [-0.4, -0.2) is 37.2 Å². The average molecular weight is 976 g/mol. The van der Waals surface area contributed by atoms with Gasteiger partial charge in [0.2, 0.25) is 0 Å². The monoisotopic (exact) mass is 975 g/mol. The van der Waals surface area contributed by atoms with E-state index >= 15 is 0 Å². The highest BCUT2D eigenvalue weighted by atomic mass is 16.6. The number of carbonyl (C=O) groups excluding carboxylic acids is 3. The lowest BCUT2D eigenvalue weighted by Crippen LogP contribution is -2.30. The molecule has 6 heteroatoms. The zero-order chi connectivity index (χ0) is 50.0. The van der Waals surface area contributed by atoms with Crippen molar-refractivity contribution in [2.24, 2.45) is 0 Å². The normalized spacial score (nSPS) is 11.9. The summed E-state index contributed by atoms with van der Waals surface area (Å²) in [6, 6.07) is 0. The van der Waals surface area contributed by atoms with E-state index in [1.165, 1.54) is 270 Å². The fraction of sp³-hybridized carbons (Fsp3) is 0.952. The number of ether oxygens (including phenoxy) is 3. The lowest BCUT2D eigenvalue weighted by Gasteiger charge is -2.18. The third kappa shape index (κ3) is 57.2. The predicted octanol–water partition coefficient (Wildman–Crippen LogP) is 21.1. The summed E-state index contributed by atoms with van der Waals surface area (Å²) in [7, 11) is 0. The van der Waals surface area contributed by atoms with Crippen LogP contribution in [0.5, 0.6) is 0 Å². The quantitative estimate of drug-likeness (QED) is 0.0343. The Balaban J connectivity index is 4.18. The van der Waals surface area contributed by atoms with E-state index in [4.69, 9.17) is 14.2 Å². The van der Waals surface area contributed by atoms with E-state index in [0.29, 0.717) is 19.3 Å². The molecule has 410 valence electrons. The van der Waals surface area contributed by atoms with Crippen LogP contribution in [0.4, 0.5) is 0 Å². The molecule has 69 heavy (non-hydrogen) atoms. The summed E-state index contributed by atoms with van der Waals surface area (Å²) < 4.78 is 16.9. The molecule has 6 nitrogen and oxygen atoms in total. The Bertz CT molecular complexity index is 1030. The first-order valence-corrected chi connectivity index (χ1v) is 31.5. The number of esters is 3. The molecule has 0 saturated heterocycles. The molecule has 0 aliphatic rings. The molecule has 0 spiro atoms. The standard InChI is InChI=1S/C63H122O6/c1-4-7-10-13-16-19-22-24-26-28-29-30-31-32-33-35-36-38-41-44-47-50-53-56-62(65)68-59-60(58-67-61(64)55-52-49-46-43-40-21-18-15-12-9-6-3)69-63(66)57-54-51-48-45-42-39-37-34-27-25-23-20-17-14-11-8-5-2/h60H,4-59H2,1-3H3. The van der Waals surface area contributed by atoms with Crippen molar-refractivity contribution in [3.05, 3.63) is 0 Å². The van der Waals surface area contributed by atoms with Crippen molar-refractivity contribution in [2.45, 2.75) is 374 Å². The Hall–Kier alpha value is -1.59. The minimum absolute atomic E-state index is 0.0608. The summed E-state index contributed by atoms with van der Waals surface area (Å²) in [6.07, 6.45) is 66.8. The zero-order valence-corrected chi connectivity index (χ0v) is 47.1. The first-order valence-electron chi connectivity index (χ1n) is 31.5. The molecule has 0 bridgehead atoms. The zero-order valence-electron chi connectivity index (χ0n) is 47.1. The van der Waals surface area contributed by atoms with E-state index in [0.717, 1.165) is 57.8 Å². The van der Waals surface area contributed by atoms with Gasteiger partial charge in [-0.2, -0.15) is 0 Å². The number of hydrogen-bond acceptors (Lipinski definition) is 6. The second-order valence-electron chi connectivity index (χ2n) is 21.7. The maximum absolute atomic E-state index is 12.9. The van der Waals surface area contributed by atoms with Crippen molar-refractivity contribution in [2.75, 3.05) is 13.2 Å². The van der Waals surface area contributed by atoms with Crippen molar-refractivity contribution in [1.29, 1.82) is 0 Å². The molecule has 0 aromatic heterocycles. The summed E-state index contributed by atoms with van der Waals surface area (Å²) in [4.78, 5) is 38.2. The van der Waals surface area contributed by atoms with Crippen LogP contribution in [0.2, 0.25) is 0 Å². The fourth-order valence-electron chi connectivity index (χ4n) is 9.86. The molecule has 1 unspecified atom stereocenters. The number of carbonyl (C=O) groups is 3. The Morgan fingerprint density at radius 1 is 0.232 bits per heavy atom. The summed E-state index contributed by atoms with van der Waals surface area (Å²) in [5.74, 6) is -0.829. The van der Waals surface area contributed by atoms with Crippen LogP contribution >= 0.6 is 0 Å². The van der Waals surface area contributed by atoms with Gasteiger partial charge in [0.25, 0.3) is 0 Å². The van der Waals surface area contributed by atoms with Crippen molar-refractivity contribution in [3.63, 3.8) is 0 Å². The summed E-state index contributed by atoms with van der Waals surface area (Å²) >= 11 is 0. The number of unbranched alkanes of at least 4 members (excludes halogenated alkanes) is 48. The van der Waals surface area contributed by atoms with Crippen LogP contribution in [0.1, 0.15) is 367 Å². The second kappa shape index (κ2) is 59.0. The van der Waals surface area contributed by atoms with Crippen LogP contribution in [0.3, 0.4) is 0 Å². The highest BCUT2D eigenvalue weighted by Crippen LogP contribution is 2.18. The predicted molar refractivity (Wildman–Crippen MR) is 298 cm³/mol. The van der Waals surface area contributed by atoms with E-state index in [9.17, 15) is 14.4 Å². The fourth-order valence-corrected chi connectivity index (χ4v) is 9.86. The average Bonchev–Trinajstić information content (AvgIpc) is 3.35. The van der Waals surface area contributed by atoms with Gasteiger partial charge in [-0.25, -0.2) is 0 Å². The van der Waals surface area contributed by atoms with E-state index in [2.05, 4.69) is 20.8 Å². The van der Waals surface area contributed by atoms with Gasteiger partial charge >= 0.3 is 17.9 Å². The van der Waals surface area contributed by atoms with Gasteiger partial charge < -0.3 is 14.2 Å². The van der Waals surface area contributed by atoms with Crippen LogP contribution in [0.25, 0.3) is 0 Å². The molecule has 0 aromatic rings. The molecule has 0 aliphatic heterocycles. The molecule has 0 rings (SSSR count). The summed E-state index contributed by atoms with van der Waals surface area (Å²) in [5.41, 5.74) is 0. The molecule has 0 aliphatic carbocycles. The molecule has 0 radical (unpaired) electrons. The molecule has 0 saturated carbocycles. The van der Waals surface area contributed by atoms with Crippen molar-refractivity contribution in [3.8, 4) is 0 Å². The van der Waals surface area contributed by atoms with Gasteiger partial charge in [-0.15, -0.1) is 0 Å². The third-order valence-electron chi connectivity index (χ3n) is 14.6. The Morgan fingerprint density at radius 3 is 0.580 bits per heavy atom. The Kier molecular flexibility index (Phi) is 57.6. The SMILES string of the molecule is CCCCCCCCCCCCCCCCCCCCCCCCCC(=O)OCC(COC(=O)CCCCCCCCCCCCC)OC(=O)CCCCCCCCCCCCCCCCCCC. The van der Waals surface area contributed by atoms with E-state index in [1.54, 1.807) is 0 Å². The van der Waals surface area contributed by atoms with E-state index in [-0.39, 0.29) is 31.1 Å². The third-order valence-corrected chi connectivity index (χ3v) is 14.6. The maximum Gasteiger partial charge on any atom is 0.306 e. The molecular formula is C63H122O6. The minimum atomic E-state index is -0.761. The molecule has 0 heterocycles. The molecule has 0 aromatic carbocycles. The van der Waals surface area contributed by atoms with Crippen LogP contribution < -0.4 is 0 Å². The van der Waals surface area contributed by atoms with Gasteiger partial charge in [-0.1, -0.05) is 329 Å². The first kappa shape index (κ1) is 67.4. The maximum atomic E-state index is 12.9. The van der Waals surface area contributed by atoms with Crippen molar-refractivity contribution >= 4 is 17.9 Å².